The molecule has 0 unspecified atom stereocenters. The van der Waals surface area contributed by atoms with Gasteiger partial charge >= 0.3 is 0 Å². The minimum absolute atomic E-state index is 0.133. The van der Waals surface area contributed by atoms with Crippen LogP contribution in [0.2, 0.25) is 0 Å². The first-order valence-electron chi connectivity index (χ1n) is 6.83. The highest BCUT2D eigenvalue weighted by molar-refractivity contribution is 6.06. The molecule has 2 rings (SSSR count). The van der Waals surface area contributed by atoms with Crippen molar-refractivity contribution < 1.29 is 14.3 Å². The minimum atomic E-state index is -0.404. The van der Waals surface area contributed by atoms with Crippen LogP contribution in [-0.4, -0.2) is 36.9 Å². The van der Waals surface area contributed by atoms with E-state index < -0.39 is 6.29 Å². The molecule has 1 amide bonds. The zero-order valence-electron chi connectivity index (χ0n) is 11.8. The van der Waals surface area contributed by atoms with E-state index in [0.717, 1.165) is 10.9 Å². The van der Waals surface area contributed by atoms with Crippen LogP contribution in [0.3, 0.4) is 0 Å². The fourth-order valence-corrected chi connectivity index (χ4v) is 2.07. The SMILES string of the molecule is CCOC(CNC(=O)c1c[nH]c2ccccc12)OCC. The van der Waals surface area contributed by atoms with Crippen LogP contribution in [0.4, 0.5) is 0 Å². The number of hydrogen-bond acceptors (Lipinski definition) is 3. The van der Waals surface area contributed by atoms with E-state index in [-0.39, 0.29) is 5.91 Å². The van der Waals surface area contributed by atoms with Crippen molar-refractivity contribution >= 4 is 16.8 Å². The maximum absolute atomic E-state index is 12.2. The zero-order chi connectivity index (χ0) is 14.4. The number of amides is 1. The van der Waals surface area contributed by atoms with E-state index >= 15 is 0 Å². The lowest BCUT2D eigenvalue weighted by Gasteiger charge is -2.17. The lowest BCUT2D eigenvalue weighted by Crippen LogP contribution is -2.35. The summed E-state index contributed by atoms with van der Waals surface area (Å²) >= 11 is 0. The Balaban J connectivity index is 2.01. The third kappa shape index (κ3) is 3.37. The quantitative estimate of drug-likeness (QED) is 0.763. The van der Waals surface area contributed by atoms with E-state index in [1.54, 1.807) is 6.20 Å². The number of H-pyrrole nitrogens is 1. The second kappa shape index (κ2) is 7.07. The number of aromatic nitrogens is 1. The number of nitrogens with one attached hydrogen (secondary N) is 2. The van der Waals surface area contributed by atoms with Gasteiger partial charge in [0.25, 0.3) is 5.91 Å². The van der Waals surface area contributed by atoms with Gasteiger partial charge < -0.3 is 19.8 Å². The van der Waals surface area contributed by atoms with E-state index in [9.17, 15) is 4.79 Å². The number of aromatic amines is 1. The first-order valence-corrected chi connectivity index (χ1v) is 6.83. The molecule has 1 aromatic heterocycles. The molecule has 0 saturated carbocycles. The van der Waals surface area contributed by atoms with E-state index in [1.165, 1.54) is 0 Å². The molecular formula is C15H20N2O3. The van der Waals surface area contributed by atoms with Crippen LogP contribution < -0.4 is 5.32 Å². The topological polar surface area (TPSA) is 63.3 Å². The van der Waals surface area contributed by atoms with E-state index in [2.05, 4.69) is 10.3 Å². The van der Waals surface area contributed by atoms with Crippen LogP contribution in [0.1, 0.15) is 24.2 Å². The Morgan fingerprint density at radius 2 is 1.95 bits per heavy atom. The second-order valence-corrected chi connectivity index (χ2v) is 4.30. The Labute approximate surface area is 118 Å². The molecule has 0 fully saturated rings. The van der Waals surface area contributed by atoms with Crippen LogP contribution in [0, 0.1) is 0 Å². The Morgan fingerprint density at radius 1 is 1.25 bits per heavy atom. The highest BCUT2D eigenvalue weighted by Gasteiger charge is 2.14. The van der Waals surface area contributed by atoms with Gasteiger partial charge in [-0.1, -0.05) is 18.2 Å². The summed E-state index contributed by atoms with van der Waals surface area (Å²) in [6.45, 7) is 5.22. The molecule has 0 atom stereocenters. The predicted molar refractivity (Wildman–Crippen MR) is 77.7 cm³/mol. The highest BCUT2D eigenvalue weighted by Crippen LogP contribution is 2.17. The predicted octanol–water partition coefficient (Wildman–Crippen LogP) is 2.30. The molecule has 20 heavy (non-hydrogen) atoms. The Kier molecular flexibility index (Phi) is 5.15. The molecule has 0 aliphatic carbocycles. The molecule has 108 valence electrons. The van der Waals surface area contributed by atoms with Crippen molar-refractivity contribution in [3.05, 3.63) is 36.0 Å². The van der Waals surface area contributed by atoms with Crippen molar-refractivity contribution in [2.24, 2.45) is 0 Å². The number of carbonyl (C=O) groups is 1. The molecule has 5 nitrogen and oxygen atoms in total. The van der Waals surface area contributed by atoms with Crippen LogP contribution >= 0.6 is 0 Å². The maximum Gasteiger partial charge on any atom is 0.253 e. The molecule has 0 spiro atoms. The third-order valence-electron chi connectivity index (χ3n) is 2.97. The first-order chi connectivity index (χ1) is 9.76. The Morgan fingerprint density at radius 3 is 2.65 bits per heavy atom. The van der Waals surface area contributed by atoms with Gasteiger partial charge in [-0.05, 0) is 19.9 Å². The summed E-state index contributed by atoms with van der Waals surface area (Å²) in [5.74, 6) is -0.133. The summed E-state index contributed by atoms with van der Waals surface area (Å²) < 4.78 is 10.8. The second-order valence-electron chi connectivity index (χ2n) is 4.30. The third-order valence-corrected chi connectivity index (χ3v) is 2.97. The van der Waals surface area contributed by atoms with Gasteiger partial charge in [0, 0.05) is 30.3 Å². The maximum atomic E-state index is 12.2. The average molecular weight is 276 g/mol. The lowest BCUT2D eigenvalue weighted by atomic mass is 10.1. The molecule has 2 aromatic rings. The zero-order valence-corrected chi connectivity index (χ0v) is 11.8. The van der Waals surface area contributed by atoms with E-state index in [0.29, 0.717) is 25.3 Å². The van der Waals surface area contributed by atoms with Crippen LogP contribution in [0.25, 0.3) is 10.9 Å². The number of rotatable bonds is 7. The molecule has 5 heteroatoms. The van der Waals surface area contributed by atoms with Gasteiger partial charge in [-0.15, -0.1) is 0 Å². The van der Waals surface area contributed by atoms with Crippen molar-refractivity contribution in [3.63, 3.8) is 0 Å². The molecule has 0 aliphatic rings. The van der Waals surface area contributed by atoms with Gasteiger partial charge in [0.1, 0.15) is 0 Å². The summed E-state index contributed by atoms with van der Waals surface area (Å²) in [7, 11) is 0. The lowest BCUT2D eigenvalue weighted by molar-refractivity contribution is -0.131. The summed E-state index contributed by atoms with van der Waals surface area (Å²) in [6.07, 6.45) is 1.32. The normalized spacial score (nSPS) is 11.2. The summed E-state index contributed by atoms with van der Waals surface area (Å²) in [5.41, 5.74) is 1.58. The number of para-hydroxylation sites is 1. The van der Waals surface area contributed by atoms with Crippen LogP contribution in [0.5, 0.6) is 0 Å². The van der Waals surface area contributed by atoms with Gasteiger partial charge in [-0.2, -0.15) is 0 Å². The molecule has 1 heterocycles. The molecule has 0 bridgehead atoms. The smallest absolute Gasteiger partial charge is 0.253 e. The molecule has 0 saturated heterocycles. The van der Waals surface area contributed by atoms with Gasteiger partial charge in [0.15, 0.2) is 6.29 Å². The van der Waals surface area contributed by atoms with Crippen molar-refractivity contribution in [1.82, 2.24) is 10.3 Å². The monoisotopic (exact) mass is 276 g/mol. The van der Waals surface area contributed by atoms with Gasteiger partial charge in [0.2, 0.25) is 0 Å². The number of fused-ring (bicyclic) bond motifs is 1. The van der Waals surface area contributed by atoms with E-state index in [4.69, 9.17) is 9.47 Å². The average Bonchev–Trinajstić information content (AvgIpc) is 2.89. The number of ether oxygens (including phenoxy) is 2. The van der Waals surface area contributed by atoms with Gasteiger partial charge in [-0.25, -0.2) is 0 Å². The van der Waals surface area contributed by atoms with Crippen molar-refractivity contribution in [1.29, 1.82) is 0 Å². The first kappa shape index (κ1) is 14.6. The van der Waals surface area contributed by atoms with Crippen LogP contribution in [0.15, 0.2) is 30.5 Å². The summed E-state index contributed by atoms with van der Waals surface area (Å²) in [6, 6.07) is 7.70. The highest BCUT2D eigenvalue weighted by atomic mass is 16.7. The minimum Gasteiger partial charge on any atom is -0.360 e. The standard InChI is InChI=1S/C15H20N2O3/c1-3-19-14(20-4-2)10-17-15(18)12-9-16-13-8-6-5-7-11(12)13/h5-9,14,16H,3-4,10H2,1-2H3,(H,17,18). The van der Waals surface area contributed by atoms with Crippen molar-refractivity contribution in [3.8, 4) is 0 Å². The molecule has 0 radical (unpaired) electrons. The summed E-state index contributed by atoms with van der Waals surface area (Å²) in [4.78, 5) is 15.3. The fraction of sp³-hybridized carbons (Fsp3) is 0.400. The largest absolute Gasteiger partial charge is 0.360 e. The Hall–Kier alpha value is -1.85. The van der Waals surface area contributed by atoms with Crippen LogP contribution in [-0.2, 0) is 9.47 Å². The molecular weight excluding hydrogens is 256 g/mol. The fourth-order valence-electron chi connectivity index (χ4n) is 2.07. The van der Waals surface area contributed by atoms with Crippen molar-refractivity contribution in [2.45, 2.75) is 20.1 Å². The molecule has 1 aromatic carbocycles. The number of benzene rings is 1. The molecule has 2 N–H and O–H groups in total. The summed E-state index contributed by atoms with van der Waals surface area (Å²) in [5, 5.41) is 3.75. The number of hydrogen-bond donors (Lipinski definition) is 2. The number of carbonyl (C=O) groups excluding carboxylic acids is 1. The molecule has 0 aliphatic heterocycles. The van der Waals surface area contributed by atoms with Gasteiger partial charge in [0.05, 0.1) is 12.1 Å². The van der Waals surface area contributed by atoms with Crippen molar-refractivity contribution in [2.75, 3.05) is 19.8 Å². The Bertz CT molecular complexity index is 559. The van der Waals surface area contributed by atoms with E-state index in [1.807, 2.05) is 38.1 Å². The van der Waals surface area contributed by atoms with Gasteiger partial charge in [-0.3, -0.25) is 4.79 Å².